The number of nitrogen functional groups attached to an aromatic ring is 1. The largest absolute Gasteiger partial charge is 0.394 e. The summed E-state index contributed by atoms with van der Waals surface area (Å²) in [5.41, 5.74) is 6.90. The van der Waals surface area contributed by atoms with E-state index >= 15 is 0 Å². The van der Waals surface area contributed by atoms with Gasteiger partial charge in [-0.15, -0.1) is 0 Å². The number of pyridine rings is 1. The van der Waals surface area contributed by atoms with E-state index in [1.807, 2.05) is 0 Å². The lowest BCUT2D eigenvalue weighted by Crippen LogP contribution is -2.46. The molecule has 0 aromatic carbocycles. The van der Waals surface area contributed by atoms with Crippen molar-refractivity contribution in [2.24, 2.45) is 0 Å². The van der Waals surface area contributed by atoms with Crippen LogP contribution in [-0.4, -0.2) is 65.5 Å². The fraction of sp³-hybridized carbons (Fsp3) is 0.312. The second-order valence-electron chi connectivity index (χ2n) is 6.06. The molecule has 3 aromatic heterocycles. The SMILES string of the molecule is Nc1ncnc2c1ncn2[C@@H]1O[C@H](CO)C(O)C1NC(=O)c1cccnc1. The van der Waals surface area contributed by atoms with Crippen LogP contribution in [0.3, 0.4) is 0 Å². The van der Waals surface area contributed by atoms with Crippen molar-refractivity contribution in [2.75, 3.05) is 12.3 Å². The summed E-state index contributed by atoms with van der Waals surface area (Å²) in [5, 5.41) is 22.8. The normalized spacial score (nSPS) is 25.0. The topological polar surface area (TPSA) is 161 Å². The number of anilines is 1. The molecule has 2 unspecified atom stereocenters. The van der Waals surface area contributed by atoms with Crippen LogP contribution in [0.25, 0.3) is 11.2 Å². The molecule has 3 aromatic rings. The molecule has 0 saturated carbocycles. The van der Waals surface area contributed by atoms with Crippen LogP contribution in [0, 0.1) is 0 Å². The van der Waals surface area contributed by atoms with Crippen LogP contribution < -0.4 is 11.1 Å². The van der Waals surface area contributed by atoms with Gasteiger partial charge in [0.25, 0.3) is 5.91 Å². The zero-order chi connectivity index (χ0) is 19.0. The van der Waals surface area contributed by atoms with Gasteiger partial charge in [0.05, 0.1) is 18.5 Å². The van der Waals surface area contributed by atoms with E-state index in [1.165, 1.54) is 18.9 Å². The van der Waals surface area contributed by atoms with Gasteiger partial charge in [0.15, 0.2) is 17.7 Å². The van der Waals surface area contributed by atoms with Crippen LogP contribution in [0.15, 0.2) is 37.2 Å². The quantitative estimate of drug-likeness (QED) is 0.444. The summed E-state index contributed by atoms with van der Waals surface area (Å²) in [6.07, 6.45) is 2.82. The van der Waals surface area contributed by atoms with Crippen molar-refractivity contribution in [3.05, 3.63) is 42.7 Å². The van der Waals surface area contributed by atoms with Gasteiger partial charge in [-0.2, -0.15) is 0 Å². The van der Waals surface area contributed by atoms with E-state index in [-0.39, 0.29) is 5.82 Å². The average Bonchev–Trinajstić information content (AvgIpc) is 3.25. The zero-order valence-corrected chi connectivity index (χ0v) is 14.0. The van der Waals surface area contributed by atoms with Crippen LogP contribution in [0.5, 0.6) is 0 Å². The maximum Gasteiger partial charge on any atom is 0.253 e. The molecule has 11 nitrogen and oxygen atoms in total. The molecule has 0 radical (unpaired) electrons. The number of amides is 1. The van der Waals surface area contributed by atoms with Crippen molar-refractivity contribution in [2.45, 2.75) is 24.5 Å². The van der Waals surface area contributed by atoms with Crippen molar-refractivity contribution < 1.29 is 19.7 Å². The van der Waals surface area contributed by atoms with Gasteiger partial charge in [-0.1, -0.05) is 0 Å². The van der Waals surface area contributed by atoms with Gasteiger partial charge in [0.2, 0.25) is 0 Å². The second kappa shape index (κ2) is 6.87. The fourth-order valence-corrected chi connectivity index (χ4v) is 3.08. The lowest BCUT2D eigenvalue weighted by Gasteiger charge is -2.22. The molecule has 0 aliphatic carbocycles. The van der Waals surface area contributed by atoms with Crippen LogP contribution in [0.1, 0.15) is 16.6 Å². The number of imidazole rings is 1. The molecule has 1 aliphatic heterocycles. The van der Waals surface area contributed by atoms with E-state index in [0.717, 1.165) is 0 Å². The van der Waals surface area contributed by atoms with Crippen LogP contribution in [0.4, 0.5) is 5.82 Å². The first-order valence-corrected chi connectivity index (χ1v) is 8.18. The number of fused-ring (bicyclic) bond motifs is 1. The van der Waals surface area contributed by atoms with Crippen molar-refractivity contribution in [3.63, 3.8) is 0 Å². The number of hydrogen-bond donors (Lipinski definition) is 4. The Kier molecular flexibility index (Phi) is 4.39. The van der Waals surface area contributed by atoms with E-state index in [0.29, 0.717) is 16.7 Å². The van der Waals surface area contributed by atoms with E-state index in [1.54, 1.807) is 22.9 Å². The minimum Gasteiger partial charge on any atom is -0.394 e. The van der Waals surface area contributed by atoms with E-state index < -0.39 is 37.0 Å². The first-order chi connectivity index (χ1) is 13.1. The number of nitrogens with two attached hydrogens (primary N) is 1. The number of hydrogen-bond acceptors (Lipinski definition) is 9. The van der Waals surface area contributed by atoms with Crippen molar-refractivity contribution in [1.29, 1.82) is 0 Å². The first kappa shape index (κ1) is 17.3. The zero-order valence-electron chi connectivity index (χ0n) is 14.0. The summed E-state index contributed by atoms with van der Waals surface area (Å²) in [6, 6.07) is 2.38. The molecule has 4 atom stereocenters. The van der Waals surface area contributed by atoms with Gasteiger partial charge in [-0.3, -0.25) is 14.3 Å². The summed E-state index contributed by atoms with van der Waals surface area (Å²) in [7, 11) is 0. The molecular formula is C16H17N7O4. The highest BCUT2D eigenvalue weighted by atomic mass is 16.5. The molecule has 0 spiro atoms. The summed E-state index contributed by atoms with van der Waals surface area (Å²) >= 11 is 0. The lowest BCUT2D eigenvalue weighted by molar-refractivity contribution is -0.0440. The molecule has 0 bridgehead atoms. The minimum atomic E-state index is -1.14. The molecule has 4 heterocycles. The van der Waals surface area contributed by atoms with Gasteiger partial charge in [0, 0.05) is 12.4 Å². The third-order valence-corrected chi connectivity index (χ3v) is 4.43. The lowest BCUT2D eigenvalue weighted by atomic mass is 10.1. The standard InChI is InChI=1S/C16H17N7O4/c17-13-11-14(20-6-19-13)23(7-21-11)16-10(12(25)9(5-24)27-16)22-15(26)8-2-1-3-18-4-8/h1-4,6-7,9-10,12,16,24-25H,5H2,(H,22,26)(H2,17,19,20)/t9-,10?,12?,16-/m1/s1. The maximum atomic E-state index is 12.5. The Hall–Kier alpha value is -3.15. The Bertz CT molecular complexity index is 964. The number of aromatic nitrogens is 5. The number of ether oxygens (including phenoxy) is 1. The Balaban J connectivity index is 1.69. The number of carbonyl (C=O) groups excluding carboxylic acids is 1. The van der Waals surface area contributed by atoms with E-state index in [4.69, 9.17) is 10.5 Å². The van der Waals surface area contributed by atoms with Crippen molar-refractivity contribution in [1.82, 2.24) is 29.8 Å². The number of nitrogens with zero attached hydrogens (tertiary/aromatic N) is 5. The molecule has 1 fully saturated rings. The smallest absolute Gasteiger partial charge is 0.253 e. The molecule has 1 saturated heterocycles. The van der Waals surface area contributed by atoms with Gasteiger partial charge >= 0.3 is 0 Å². The third kappa shape index (κ3) is 2.97. The fourth-order valence-electron chi connectivity index (χ4n) is 3.08. The summed E-state index contributed by atoms with van der Waals surface area (Å²) in [5.74, 6) is -0.232. The number of carbonyl (C=O) groups is 1. The first-order valence-electron chi connectivity index (χ1n) is 8.18. The Morgan fingerprint density at radius 2 is 2.22 bits per heavy atom. The molecule has 5 N–H and O–H groups in total. The molecule has 27 heavy (non-hydrogen) atoms. The minimum absolute atomic E-state index is 0.201. The average molecular weight is 371 g/mol. The summed E-state index contributed by atoms with van der Waals surface area (Å²) in [6.45, 7) is -0.416. The highest BCUT2D eigenvalue weighted by molar-refractivity contribution is 5.94. The number of rotatable bonds is 4. The van der Waals surface area contributed by atoms with E-state index in [2.05, 4.69) is 25.3 Å². The third-order valence-electron chi connectivity index (χ3n) is 4.43. The van der Waals surface area contributed by atoms with Gasteiger partial charge in [-0.05, 0) is 12.1 Å². The molecular weight excluding hydrogens is 354 g/mol. The Morgan fingerprint density at radius 3 is 2.96 bits per heavy atom. The predicted molar refractivity (Wildman–Crippen MR) is 92.2 cm³/mol. The molecule has 11 heteroatoms. The van der Waals surface area contributed by atoms with Gasteiger partial charge in [-0.25, -0.2) is 15.0 Å². The van der Waals surface area contributed by atoms with Crippen LogP contribution in [0.2, 0.25) is 0 Å². The molecule has 1 amide bonds. The van der Waals surface area contributed by atoms with Gasteiger partial charge in [0.1, 0.15) is 30.1 Å². The van der Waals surface area contributed by atoms with Crippen molar-refractivity contribution in [3.8, 4) is 0 Å². The molecule has 1 aliphatic rings. The number of nitrogens with one attached hydrogen (secondary N) is 1. The van der Waals surface area contributed by atoms with E-state index in [9.17, 15) is 15.0 Å². The molecule has 4 rings (SSSR count). The Labute approximate surface area is 152 Å². The number of aliphatic hydroxyl groups excluding tert-OH is 2. The summed E-state index contributed by atoms with van der Waals surface area (Å²) in [4.78, 5) is 28.7. The Morgan fingerprint density at radius 1 is 1.37 bits per heavy atom. The maximum absolute atomic E-state index is 12.5. The molecule has 140 valence electrons. The van der Waals surface area contributed by atoms with Crippen LogP contribution in [-0.2, 0) is 4.74 Å². The van der Waals surface area contributed by atoms with Gasteiger partial charge < -0.3 is 26.0 Å². The van der Waals surface area contributed by atoms with Crippen molar-refractivity contribution >= 4 is 22.9 Å². The van der Waals surface area contributed by atoms with Crippen LogP contribution >= 0.6 is 0 Å². The highest BCUT2D eigenvalue weighted by Crippen LogP contribution is 2.32. The monoisotopic (exact) mass is 371 g/mol. The summed E-state index contributed by atoms with van der Waals surface area (Å²) < 4.78 is 7.30. The number of aliphatic hydroxyl groups is 2. The highest BCUT2D eigenvalue weighted by Gasteiger charge is 2.45. The predicted octanol–water partition coefficient (Wildman–Crippen LogP) is -1.15. The second-order valence-corrected chi connectivity index (χ2v) is 6.06.